The number of pyridine rings is 1. The van der Waals surface area contributed by atoms with Crippen LogP contribution in [0.3, 0.4) is 0 Å². The van der Waals surface area contributed by atoms with E-state index in [0.717, 1.165) is 16.7 Å². The molecule has 0 bridgehead atoms. The molecule has 128 valence electrons. The number of methoxy groups -OCH3 is 1. The highest BCUT2D eigenvalue weighted by atomic mass is 16.5. The second-order valence-electron chi connectivity index (χ2n) is 5.58. The maximum Gasteiger partial charge on any atom is 0.356 e. The quantitative estimate of drug-likeness (QED) is 0.585. The number of aliphatic hydroxyl groups excluding tert-OH is 1. The van der Waals surface area contributed by atoms with Gasteiger partial charge in [-0.05, 0) is 35.4 Å². The summed E-state index contributed by atoms with van der Waals surface area (Å²) < 4.78 is 4.68. The maximum atomic E-state index is 11.7. The number of nitrogens with zero attached hydrogens (tertiary/aromatic N) is 1. The molecule has 4 heteroatoms. The number of aliphatic hydroxyl groups is 1. The molecular formula is C22H17NO3. The Kier molecular flexibility index (Phi) is 5.43. The molecule has 3 rings (SSSR count). The number of esters is 1. The van der Waals surface area contributed by atoms with Gasteiger partial charge in [0.05, 0.1) is 19.4 Å². The van der Waals surface area contributed by atoms with Crippen LogP contribution >= 0.6 is 0 Å². The summed E-state index contributed by atoms with van der Waals surface area (Å²) >= 11 is 0. The third-order valence-electron chi connectivity index (χ3n) is 3.78. The van der Waals surface area contributed by atoms with E-state index >= 15 is 0 Å². The fraction of sp³-hybridized carbons (Fsp3) is 0.0909. The molecule has 0 aliphatic carbocycles. The van der Waals surface area contributed by atoms with Crippen LogP contribution in [0.2, 0.25) is 0 Å². The summed E-state index contributed by atoms with van der Waals surface area (Å²) in [4.78, 5) is 15.7. The third-order valence-corrected chi connectivity index (χ3v) is 3.78. The van der Waals surface area contributed by atoms with E-state index in [1.54, 1.807) is 12.1 Å². The minimum absolute atomic E-state index is 0.128. The number of ether oxygens (including phenoxy) is 1. The molecule has 0 saturated heterocycles. The highest BCUT2D eigenvalue weighted by Gasteiger charge is 2.09. The van der Waals surface area contributed by atoms with Crippen LogP contribution < -0.4 is 0 Å². The first kappa shape index (κ1) is 17.4. The van der Waals surface area contributed by atoms with E-state index in [-0.39, 0.29) is 12.3 Å². The molecule has 0 aliphatic rings. The summed E-state index contributed by atoms with van der Waals surface area (Å²) in [6, 6.07) is 21.2. The molecular weight excluding hydrogens is 326 g/mol. The van der Waals surface area contributed by atoms with Gasteiger partial charge in [0.25, 0.3) is 0 Å². The second kappa shape index (κ2) is 8.11. The minimum Gasteiger partial charge on any atom is -0.464 e. The molecule has 0 saturated carbocycles. The highest BCUT2D eigenvalue weighted by molar-refractivity contribution is 5.87. The SMILES string of the molecule is COC(=O)c1cc(C#Cc2ccc(-c3ccccc3)cc2)cc(CO)n1. The van der Waals surface area contributed by atoms with Crippen LogP contribution in [-0.2, 0) is 11.3 Å². The summed E-state index contributed by atoms with van der Waals surface area (Å²) in [5.74, 6) is 5.51. The maximum absolute atomic E-state index is 11.7. The number of rotatable bonds is 3. The van der Waals surface area contributed by atoms with E-state index in [1.165, 1.54) is 7.11 Å². The van der Waals surface area contributed by atoms with Gasteiger partial charge in [0.2, 0.25) is 0 Å². The van der Waals surface area contributed by atoms with Crippen LogP contribution in [0.15, 0.2) is 66.7 Å². The summed E-state index contributed by atoms with van der Waals surface area (Å²) in [5, 5.41) is 9.30. The van der Waals surface area contributed by atoms with E-state index in [9.17, 15) is 9.90 Å². The standard InChI is InChI=1S/C22H17NO3/c1-26-22(25)21-14-17(13-20(15-24)23-21)8-7-16-9-11-19(12-10-16)18-5-3-2-4-6-18/h2-6,9-14,24H,15H2,1H3. The van der Waals surface area contributed by atoms with Gasteiger partial charge in [0, 0.05) is 11.1 Å². The largest absolute Gasteiger partial charge is 0.464 e. The molecule has 4 nitrogen and oxygen atoms in total. The number of hydrogen-bond donors (Lipinski definition) is 1. The lowest BCUT2D eigenvalue weighted by molar-refractivity contribution is 0.0593. The van der Waals surface area contributed by atoms with Crippen molar-refractivity contribution in [1.82, 2.24) is 4.98 Å². The molecule has 0 atom stereocenters. The molecule has 3 aromatic rings. The molecule has 1 heterocycles. The molecule has 0 spiro atoms. The summed E-state index contributed by atoms with van der Waals surface area (Å²) in [6.45, 7) is -0.273. The molecule has 0 fully saturated rings. The first-order valence-electron chi connectivity index (χ1n) is 8.07. The Bertz CT molecular complexity index is 968. The predicted molar refractivity (Wildman–Crippen MR) is 99.4 cm³/mol. The fourth-order valence-corrected chi connectivity index (χ4v) is 2.47. The topological polar surface area (TPSA) is 59.4 Å². The average Bonchev–Trinajstić information content (AvgIpc) is 2.72. The smallest absolute Gasteiger partial charge is 0.356 e. The molecule has 0 radical (unpaired) electrons. The van der Waals surface area contributed by atoms with Gasteiger partial charge < -0.3 is 9.84 Å². The second-order valence-corrected chi connectivity index (χ2v) is 5.58. The fourth-order valence-electron chi connectivity index (χ4n) is 2.47. The Morgan fingerprint density at radius 2 is 1.62 bits per heavy atom. The Balaban J connectivity index is 1.86. The van der Waals surface area contributed by atoms with Gasteiger partial charge in [0.15, 0.2) is 0 Å². The van der Waals surface area contributed by atoms with Gasteiger partial charge >= 0.3 is 5.97 Å². The molecule has 1 N–H and O–H groups in total. The zero-order valence-electron chi connectivity index (χ0n) is 14.3. The predicted octanol–water partition coefficient (Wildman–Crippen LogP) is 3.43. The first-order chi connectivity index (χ1) is 12.7. The van der Waals surface area contributed by atoms with Gasteiger partial charge in [-0.25, -0.2) is 9.78 Å². The summed E-state index contributed by atoms with van der Waals surface area (Å²) in [6.07, 6.45) is 0. The van der Waals surface area contributed by atoms with Gasteiger partial charge in [-0.2, -0.15) is 0 Å². The van der Waals surface area contributed by atoms with Gasteiger partial charge in [0.1, 0.15) is 5.69 Å². The molecule has 0 amide bonds. The van der Waals surface area contributed by atoms with Crippen LogP contribution in [0, 0.1) is 11.8 Å². The lowest BCUT2D eigenvalue weighted by atomic mass is 10.0. The van der Waals surface area contributed by atoms with Gasteiger partial charge in [-0.3, -0.25) is 0 Å². The number of carbonyl (C=O) groups excluding carboxylic acids is 1. The van der Waals surface area contributed by atoms with E-state index in [1.807, 2.05) is 42.5 Å². The minimum atomic E-state index is -0.560. The zero-order chi connectivity index (χ0) is 18.4. The Labute approximate surface area is 152 Å². The molecule has 1 aromatic heterocycles. The molecule has 0 aliphatic heterocycles. The Morgan fingerprint density at radius 1 is 0.962 bits per heavy atom. The van der Waals surface area contributed by atoms with Crippen molar-refractivity contribution in [3.05, 3.63) is 89.2 Å². The van der Waals surface area contributed by atoms with Crippen molar-refractivity contribution in [1.29, 1.82) is 0 Å². The lowest BCUT2D eigenvalue weighted by Gasteiger charge is -2.03. The van der Waals surface area contributed by atoms with Crippen LogP contribution in [0.1, 0.15) is 27.3 Å². The zero-order valence-corrected chi connectivity index (χ0v) is 14.3. The van der Waals surface area contributed by atoms with Crippen molar-refractivity contribution >= 4 is 5.97 Å². The van der Waals surface area contributed by atoms with E-state index in [2.05, 4.69) is 33.7 Å². The van der Waals surface area contributed by atoms with E-state index in [0.29, 0.717) is 11.3 Å². The van der Waals surface area contributed by atoms with Crippen molar-refractivity contribution in [3.63, 3.8) is 0 Å². The van der Waals surface area contributed by atoms with Crippen LogP contribution in [0.5, 0.6) is 0 Å². The number of aromatic nitrogens is 1. The molecule has 2 aromatic carbocycles. The summed E-state index contributed by atoms with van der Waals surface area (Å²) in [5.41, 5.74) is 4.22. The van der Waals surface area contributed by atoms with Crippen LogP contribution in [-0.4, -0.2) is 23.2 Å². The highest BCUT2D eigenvalue weighted by Crippen LogP contribution is 2.19. The lowest BCUT2D eigenvalue weighted by Crippen LogP contribution is -2.07. The van der Waals surface area contributed by atoms with Crippen molar-refractivity contribution in [3.8, 4) is 23.0 Å². The normalized spacial score (nSPS) is 9.92. The van der Waals surface area contributed by atoms with Crippen molar-refractivity contribution in [2.45, 2.75) is 6.61 Å². The summed E-state index contributed by atoms with van der Waals surface area (Å²) in [7, 11) is 1.29. The van der Waals surface area contributed by atoms with Gasteiger partial charge in [-0.1, -0.05) is 54.3 Å². The van der Waals surface area contributed by atoms with Crippen molar-refractivity contribution in [2.75, 3.05) is 7.11 Å². The molecule has 0 unspecified atom stereocenters. The van der Waals surface area contributed by atoms with Crippen LogP contribution in [0.4, 0.5) is 0 Å². The Hall–Kier alpha value is -3.42. The van der Waals surface area contributed by atoms with Crippen molar-refractivity contribution < 1.29 is 14.6 Å². The number of hydrogen-bond acceptors (Lipinski definition) is 4. The van der Waals surface area contributed by atoms with Gasteiger partial charge in [-0.15, -0.1) is 0 Å². The number of benzene rings is 2. The monoisotopic (exact) mass is 343 g/mol. The third kappa shape index (κ3) is 4.15. The average molecular weight is 343 g/mol. The molecule has 26 heavy (non-hydrogen) atoms. The van der Waals surface area contributed by atoms with Crippen molar-refractivity contribution in [2.24, 2.45) is 0 Å². The number of carbonyl (C=O) groups is 1. The van der Waals surface area contributed by atoms with E-state index < -0.39 is 5.97 Å². The van der Waals surface area contributed by atoms with E-state index in [4.69, 9.17) is 0 Å². The first-order valence-corrected chi connectivity index (χ1v) is 8.07. The van der Waals surface area contributed by atoms with Crippen LogP contribution in [0.25, 0.3) is 11.1 Å². The Morgan fingerprint density at radius 3 is 2.27 bits per heavy atom.